The molecule has 4 nitrogen and oxygen atoms in total. The number of aliphatic carboxylic acids is 1. The molecule has 2 unspecified atom stereocenters. The lowest BCUT2D eigenvalue weighted by atomic mass is 10.1. The molecule has 5 heteroatoms. The standard InChI is InChI=1S/C20H18O4S/c21-20(22)19(16-8-2-1-3-9-16)25(23)14-13-24-18-12-6-10-15-7-4-5-11-17(15)18/h1-12,19H,13-14H2,(H,21,22). The third-order valence-corrected chi connectivity index (χ3v) is 5.45. The minimum Gasteiger partial charge on any atom is -0.492 e. The third kappa shape index (κ3) is 4.06. The van der Waals surface area contributed by atoms with E-state index in [4.69, 9.17) is 4.74 Å². The number of carboxylic acids is 1. The number of rotatable bonds is 7. The molecule has 0 heterocycles. The van der Waals surface area contributed by atoms with E-state index in [2.05, 4.69) is 0 Å². The van der Waals surface area contributed by atoms with Gasteiger partial charge in [0.25, 0.3) is 0 Å². The normalized spacial score (nSPS) is 13.3. The van der Waals surface area contributed by atoms with Crippen molar-refractivity contribution in [3.63, 3.8) is 0 Å². The maximum absolute atomic E-state index is 12.5. The molecule has 0 aliphatic carbocycles. The van der Waals surface area contributed by atoms with E-state index in [0.29, 0.717) is 11.3 Å². The van der Waals surface area contributed by atoms with E-state index < -0.39 is 22.0 Å². The molecule has 128 valence electrons. The average Bonchev–Trinajstić information content (AvgIpc) is 2.63. The molecule has 0 amide bonds. The number of fused-ring (bicyclic) bond motifs is 1. The largest absolute Gasteiger partial charge is 0.492 e. The van der Waals surface area contributed by atoms with Gasteiger partial charge in [-0.25, -0.2) is 0 Å². The molecular weight excluding hydrogens is 336 g/mol. The summed E-state index contributed by atoms with van der Waals surface area (Å²) in [4.78, 5) is 11.5. The van der Waals surface area contributed by atoms with Crippen molar-refractivity contribution in [3.05, 3.63) is 78.4 Å². The van der Waals surface area contributed by atoms with Crippen LogP contribution in [0.25, 0.3) is 10.8 Å². The SMILES string of the molecule is O=C(O)C(c1ccccc1)S(=O)CCOc1cccc2ccccc12. The second-order valence-corrected chi connectivity index (χ2v) is 7.18. The van der Waals surface area contributed by atoms with Crippen molar-refractivity contribution in [1.82, 2.24) is 0 Å². The molecule has 0 aliphatic rings. The van der Waals surface area contributed by atoms with E-state index in [9.17, 15) is 14.1 Å². The van der Waals surface area contributed by atoms with Gasteiger partial charge in [-0.05, 0) is 17.0 Å². The zero-order valence-corrected chi connectivity index (χ0v) is 14.3. The summed E-state index contributed by atoms with van der Waals surface area (Å²) in [6, 6.07) is 22.3. The van der Waals surface area contributed by atoms with Crippen LogP contribution in [0.1, 0.15) is 10.8 Å². The van der Waals surface area contributed by atoms with E-state index in [1.165, 1.54) is 0 Å². The fraction of sp³-hybridized carbons (Fsp3) is 0.150. The molecule has 0 bridgehead atoms. The third-order valence-electron chi connectivity index (χ3n) is 3.88. The summed E-state index contributed by atoms with van der Waals surface area (Å²) < 4.78 is 18.3. The number of ether oxygens (including phenoxy) is 1. The van der Waals surface area contributed by atoms with Crippen molar-refractivity contribution < 1.29 is 18.8 Å². The van der Waals surface area contributed by atoms with Crippen LogP contribution in [0.4, 0.5) is 0 Å². The second kappa shape index (κ2) is 7.94. The minimum absolute atomic E-state index is 0.148. The van der Waals surface area contributed by atoms with E-state index in [1.54, 1.807) is 30.3 Å². The molecule has 1 N–H and O–H groups in total. The fourth-order valence-electron chi connectivity index (χ4n) is 2.71. The lowest BCUT2D eigenvalue weighted by molar-refractivity contribution is -0.136. The zero-order chi connectivity index (χ0) is 17.6. The monoisotopic (exact) mass is 354 g/mol. The van der Waals surface area contributed by atoms with Crippen molar-refractivity contribution in [1.29, 1.82) is 0 Å². The van der Waals surface area contributed by atoms with Crippen LogP contribution in [0.3, 0.4) is 0 Å². The highest BCUT2D eigenvalue weighted by Crippen LogP contribution is 2.25. The highest BCUT2D eigenvalue weighted by atomic mass is 32.2. The molecule has 0 saturated heterocycles. The Balaban J connectivity index is 1.68. The molecule has 25 heavy (non-hydrogen) atoms. The quantitative estimate of drug-likeness (QED) is 0.701. The molecule has 0 aromatic heterocycles. The average molecular weight is 354 g/mol. The first kappa shape index (κ1) is 17.2. The van der Waals surface area contributed by atoms with Crippen LogP contribution < -0.4 is 4.74 Å². The van der Waals surface area contributed by atoms with Gasteiger partial charge in [-0.1, -0.05) is 66.7 Å². The zero-order valence-electron chi connectivity index (χ0n) is 13.5. The number of carboxylic acid groups (broad SMARTS) is 1. The molecule has 0 spiro atoms. The van der Waals surface area contributed by atoms with Gasteiger partial charge in [0.05, 0.1) is 12.4 Å². The van der Waals surface area contributed by atoms with Gasteiger partial charge in [0.2, 0.25) is 0 Å². The van der Waals surface area contributed by atoms with Crippen LogP contribution in [-0.4, -0.2) is 27.6 Å². The van der Waals surface area contributed by atoms with Gasteiger partial charge in [-0.15, -0.1) is 0 Å². The summed E-state index contributed by atoms with van der Waals surface area (Å²) in [6.07, 6.45) is 0. The summed E-state index contributed by atoms with van der Waals surface area (Å²) in [5.74, 6) is -0.230. The summed E-state index contributed by atoms with van der Waals surface area (Å²) >= 11 is 0. The van der Waals surface area contributed by atoms with Crippen molar-refractivity contribution >= 4 is 27.5 Å². The second-order valence-electron chi connectivity index (χ2n) is 5.54. The molecule has 3 rings (SSSR count). The Kier molecular flexibility index (Phi) is 5.46. The Labute approximate surface area is 148 Å². The van der Waals surface area contributed by atoms with Crippen molar-refractivity contribution in [2.45, 2.75) is 5.25 Å². The van der Waals surface area contributed by atoms with E-state index in [1.807, 2.05) is 42.5 Å². The highest BCUT2D eigenvalue weighted by molar-refractivity contribution is 7.86. The Bertz CT molecular complexity index is 887. The first-order chi connectivity index (χ1) is 12.2. The molecule has 3 aromatic carbocycles. The van der Waals surface area contributed by atoms with Gasteiger partial charge >= 0.3 is 5.97 Å². The molecule has 0 aliphatic heterocycles. The molecule has 2 atom stereocenters. The predicted octanol–water partition coefficient (Wildman–Crippen LogP) is 3.79. The van der Waals surface area contributed by atoms with Crippen LogP contribution >= 0.6 is 0 Å². The lowest BCUT2D eigenvalue weighted by Gasteiger charge is -2.14. The van der Waals surface area contributed by atoms with Crippen LogP contribution in [0, 0.1) is 0 Å². The first-order valence-corrected chi connectivity index (χ1v) is 9.30. The van der Waals surface area contributed by atoms with Gasteiger partial charge < -0.3 is 9.84 Å². The summed E-state index contributed by atoms with van der Waals surface area (Å²) in [7, 11) is -1.57. The smallest absolute Gasteiger partial charge is 0.323 e. The molecule has 3 aromatic rings. The minimum atomic E-state index is -1.57. The predicted molar refractivity (Wildman–Crippen MR) is 99.3 cm³/mol. The van der Waals surface area contributed by atoms with Crippen LogP contribution in [0.5, 0.6) is 5.75 Å². The summed E-state index contributed by atoms with van der Waals surface area (Å²) in [6.45, 7) is 0.192. The van der Waals surface area contributed by atoms with Crippen LogP contribution in [0.2, 0.25) is 0 Å². The highest BCUT2D eigenvalue weighted by Gasteiger charge is 2.26. The summed E-state index contributed by atoms with van der Waals surface area (Å²) in [5.41, 5.74) is 0.540. The number of hydrogen-bond acceptors (Lipinski definition) is 3. The van der Waals surface area contributed by atoms with E-state index in [0.717, 1.165) is 10.8 Å². The van der Waals surface area contributed by atoms with Gasteiger partial charge in [0, 0.05) is 16.2 Å². The lowest BCUT2D eigenvalue weighted by Crippen LogP contribution is -2.21. The Hall–Kier alpha value is -2.66. The van der Waals surface area contributed by atoms with Gasteiger partial charge in [0.15, 0.2) is 5.25 Å². The summed E-state index contributed by atoms with van der Waals surface area (Å²) in [5, 5.41) is 10.4. The van der Waals surface area contributed by atoms with Gasteiger partial charge in [0.1, 0.15) is 5.75 Å². The molecule has 0 radical (unpaired) electrons. The topological polar surface area (TPSA) is 63.6 Å². The Morgan fingerprint density at radius 2 is 1.64 bits per heavy atom. The van der Waals surface area contributed by atoms with E-state index in [-0.39, 0.29) is 12.4 Å². The fourth-order valence-corrected chi connectivity index (χ4v) is 3.88. The Morgan fingerprint density at radius 3 is 2.40 bits per heavy atom. The number of hydrogen-bond donors (Lipinski definition) is 1. The maximum Gasteiger partial charge on any atom is 0.323 e. The van der Waals surface area contributed by atoms with Crippen LogP contribution in [-0.2, 0) is 15.6 Å². The van der Waals surface area contributed by atoms with Crippen molar-refractivity contribution in [2.24, 2.45) is 0 Å². The van der Waals surface area contributed by atoms with Gasteiger partial charge in [-0.3, -0.25) is 9.00 Å². The van der Waals surface area contributed by atoms with Crippen LogP contribution in [0.15, 0.2) is 72.8 Å². The first-order valence-electron chi connectivity index (χ1n) is 7.92. The molecular formula is C20H18O4S. The maximum atomic E-state index is 12.5. The molecule has 0 saturated carbocycles. The molecule has 0 fully saturated rings. The Morgan fingerprint density at radius 1 is 0.960 bits per heavy atom. The van der Waals surface area contributed by atoms with Gasteiger partial charge in [-0.2, -0.15) is 0 Å². The van der Waals surface area contributed by atoms with Crippen molar-refractivity contribution in [3.8, 4) is 5.75 Å². The van der Waals surface area contributed by atoms with Crippen molar-refractivity contribution in [2.75, 3.05) is 12.4 Å². The number of benzene rings is 3. The van der Waals surface area contributed by atoms with E-state index >= 15 is 0 Å². The number of carbonyl (C=O) groups is 1.